The van der Waals surface area contributed by atoms with Crippen molar-refractivity contribution >= 4 is 34.1 Å². The van der Waals surface area contributed by atoms with Gasteiger partial charge in [-0.2, -0.15) is 0 Å². The lowest BCUT2D eigenvalue weighted by Gasteiger charge is -2.16. The van der Waals surface area contributed by atoms with Crippen molar-refractivity contribution in [2.45, 2.75) is 38.8 Å². The van der Waals surface area contributed by atoms with Gasteiger partial charge in [0.25, 0.3) is 0 Å². The zero-order valence-electron chi connectivity index (χ0n) is 15.9. The van der Waals surface area contributed by atoms with E-state index in [1.165, 1.54) is 7.11 Å². The number of carbonyl (C=O) groups excluding carboxylic acids is 2. The molecule has 148 valence electrons. The fourth-order valence-electron chi connectivity index (χ4n) is 3.19. The van der Waals surface area contributed by atoms with E-state index >= 15 is 0 Å². The molecule has 7 nitrogen and oxygen atoms in total. The van der Waals surface area contributed by atoms with Gasteiger partial charge in [0.05, 0.1) is 7.11 Å². The third-order valence-electron chi connectivity index (χ3n) is 4.68. The van der Waals surface area contributed by atoms with E-state index in [1.807, 2.05) is 37.4 Å². The number of esters is 1. The fourth-order valence-corrected chi connectivity index (χ4v) is 3.96. The smallest absolute Gasteiger partial charge is 0.328 e. The Kier molecular flexibility index (Phi) is 6.30. The number of nitrogens with zero attached hydrogens (tertiary/aromatic N) is 1. The highest BCUT2D eigenvalue weighted by molar-refractivity contribution is 7.07. The number of para-hydroxylation sites is 1. The second-order valence-electron chi connectivity index (χ2n) is 6.61. The molecule has 0 saturated carbocycles. The number of aromatic amines is 1. The highest BCUT2D eigenvalue weighted by atomic mass is 32.1. The number of carbonyl (C=O) groups is 2. The van der Waals surface area contributed by atoms with Crippen LogP contribution in [0.5, 0.6) is 0 Å². The van der Waals surface area contributed by atoms with E-state index < -0.39 is 12.0 Å². The van der Waals surface area contributed by atoms with Crippen molar-refractivity contribution in [1.82, 2.24) is 14.9 Å². The Balaban J connectivity index is 1.61. The lowest BCUT2D eigenvalue weighted by Crippen LogP contribution is -2.43. The molecule has 2 heterocycles. The molecule has 1 atom stereocenters. The largest absolute Gasteiger partial charge is 0.467 e. The Morgan fingerprint density at radius 3 is 2.82 bits per heavy atom. The molecule has 8 heteroatoms. The molecule has 0 saturated heterocycles. The molecule has 1 aromatic carbocycles. The number of aromatic nitrogens is 2. The maximum absolute atomic E-state index is 12.4. The van der Waals surface area contributed by atoms with Crippen LogP contribution in [0.1, 0.15) is 24.1 Å². The number of methoxy groups -OCH3 is 1. The minimum Gasteiger partial charge on any atom is -0.467 e. The second kappa shape index (κ2) is 8.88. The van der Waals surface area contributed by atoms with Crippen molar-refractivity contribution in [2.75, 3.05) is 7.11 Å². The van der Waals surface area contributed by atoms with Gasteiger partial charge in [-0.05, 0) is 25.0 Å². The normalized spacial score (nSPS) is 12.1. The predicted octanol–water partition coefficient (Wildman–Crippen LogP) is 2.38. The lowest BCUT2D eigenvalue weighted by molar-refractivity contribution is -0.145. The maximum atomic E-state index is 12.4. The minimum absolute atomic E-state index is 0.0234. The molecule has 0 unspecified atom stereocenters. The van der Waals surface area contributed by atoms with Gasteiger partial charge in [0.1, 0.15) is 6.04 Å². The van der Waals surface area contributed by atoms with Gasteiger partial charge in [0.15, 0.2) is 0 Å². The van der Waals surface area contributed by atoms with Crippen molar-refractivity contribution in [2.24, 2.45) is 0 Å². The average Bonchev–Trinajstić information content (AvgIpc) is 3.24. The number of hydrogen-bond acceptors (Lipinski definition) is 5. The van der Waals surface area contributed by atoms with Crippen LogP contribution in [0, 0.1) is 6.92 Å². The molecule has 0 radical (unpaired) electrons. The quantitative estimate of drug-likeness (QED) is 0.567. The molecule has 2 aromatic heterocycles. The van der Waals surface area contributed by atoms with Crippen molar-refractivity contribution < 1.29 is 14.3 Å². The Hall–Kier alpha value is -2.87. The Morgan fingerprint density at radius 2 is 2.11 bits per heavy atom. The zero-order chi connectivity index (χ0) is 20.1. The van der Waals surface area contributed by atoms with Crippen LogP contribution in [0.4, 0.5) is 0 Å². The Labute approximate surface area is 166 Å². The third-order valence-corrected chi connectivity index (χ3v) is 5.56. The summed E-state index contributed by atoms with van der Waals surface area (Å²) in [7, 11) is 1.31. The molecule has 0 aliphatic rings. The second-order valence-corrected chi connectivity index (χ2v) is 7.43. The van der Waals surface area contributed by atoms with Crippen molar-refractivity contribution in [3.8, 4) is 0 Å². The SMILES string of the molecule is COC(=O)[C@H](Cc1c[nH]c2ccccc12)NC(=O)CCCn1c(C)csc1=O. The summed E-state index contributed by atoms with van der Waals surface area (Å²) in [5, 5.41) is 5.58. The van der Waals surface area contributed by atoms with Crippen LogP contribution in [0.3, 0.4) is 0 Å². The van der Waals surface area contributed by atoms with Gasteiger partial charge in [-0.1, -0.05) is 29.5 Å². The molecule has 28 heavy (non-hydrogen) atoms. The number of rotatable bonds is 8. The number of H-pyrrole nitrogens is 1. The third kappa shape index (κ3) is 4.51. The monoisotopic (exact) mass is 401 g/mol. The first-order valence-electron chi connectivity index (χ1n) is 9.06. The zero-order valence-corrected chi connectivity index (χ0v) is 16.7. The average molecular weight is 401 g/mol. The number of amides is 1. The summed E-state index contributed by atoms with van der Waals surface area (Å²) >= 11 is 1.15. The van der Waals surface area contributed by atoms with Crippen molar-refractivity contribution in [3.63, 3.8) is 0 Å². The summed E-state index contributed by atoms with van der Waals surface area (Å²) < 4.78 is 6.52. The van der Waals surface area contributed by atoms with E-state index in [9.17, 15) is 14.4 Å². The van der Waals surface area contributed by atoms with Gasteiger partial charge in [-0.15, -0.1) is 0 Å². The van der Waals surface area contributed by atoms with Gasteiger partial charge >= 0.3 is 10.8 Å². The number of benzene rings is 1. The highest BCUT2D eigenvalue weighted by Crippen LogP contribution is 2.19. The molecular weight excluding hydrogens is 378 g/mol. The summed E-state index contributed by atoms with van der Waals surface area (Å²) in [5.74, 6) is -0.722. The van der Waals surface area contributed by atoms with Gasteiger partial charge in [-0.25, -0.2) is 4.79 Å². The molecule has 0 fully saturated rings. The molecule has 0 bridgehead atoms. The summed E-state index contributed by atoms with van der Waals surface area (Å²) in [4.78, 5) is 39.4. The molecule has 2 N–H and O–H groups in total. The van der Waals surface area contributed by atoms with Crippen LogP contribution >= 0.6 is 11.3 Å². The van der Waals surface area contributed by atoms with Gasteiger partial charge < -0.3 is 19.6 Å². The maximum Gasteiger partial charge on any atom is 0.328 e. The molecular formula is C20H23N3O4S. The number of aryl methyl sites for hydroxylation is 1. The molecule has 3 aromatic rings. The van der Waals surface area contributed by atoms with E-state index in [0.717, 1.165) is 33.5 Å². The first kappa shape index (κ1) is 19.9. The molecule has 0 aliphatic carbocycles. The lowest BCUT2D eigenvalue weighted by atomic mass is 10.0. The van der Waals surface area contributed by atoms with E-state index in [1.54, 1.807) is 9.95 Å². The summed E-state index contributed by atoms with van der Waals surface area (Å²) in [6.07, 6.45) is 2.93. The van der Waals surface area contributed by atoms with Crippen LogP contribution < -0.4 is 10.2 Å². The van der Waals surface area contributed by atoms with Gasteiger partial charge in [-0.3, -0.25) is 9.59 Å². The van der Waals surface area contributed by atoms with Crippen LogP contribution in [-0.2, 0) is 27.3 Å². The topological polar surface area (TPSA) is 93.2 Å². The molecule has 0 spiro atoms. The number of fused-ring (bicyclic) bond motifs is 1. The van der Waals surface area contributed by atoms with E-state index in [4.69, 9.17) is 4.74 Å². The molecule has 0 aliphatic heterocycles. The minimum atomic E-state index is -0.762. The number of nitrogens with one attached hydrogen (secondary N) is 2. The summed E-state index contributed by atoms with van der Waals surface area (Å²) in [6.45, 7) is 2.35. The van der Waals surface area contributed by atoms with Crippen molar-refractivity contribution in [1.29, 1.82) is 0 Å². The molecule has 1 amide bonds. The predicted molar refractivity (Wildman–Crippen MR) is 108 cm³/mol. The first-order valence-corrected chi connectivity index (χ1v) is 9.94. The standard InChI is InChI=1S/C20H23N3O4S/c1-13-12-28-20(26)23(13)9-5-8-18(24)22-17(19(25)27-2)10-14-11-21-16-7-4-3-6-15(14)16/h3-4,6-7,11-12,17,21H,5,8-10H2,1-2H3,(H,22,24)/t17-/m0/s1. The van der Waals surface area contributed by atoms with Crippen LogP contribution in [0.25, 0.3) is 10.9 Å². The number of thiazole rings is 1. The molecule has 3 rings (SSSR count). The van der Waals surface area contributed by atoms with E-state index in [2.05, 4.69) is 10.3 Å². The van der Waals surface area contributed by atoms with Crippen LogP contribution in [0.2, 0.25) is 0 Å². The summed E-state index contributed by atoms with van der Waals surface area (Å²) in [6, 6.07) is 7.03. The van der Waals surface area contributed by atoms with Crippen LogP contribution in [-0.4, -0.2) is 34.6 Å². The van der Waals surface area contributed by atoms with E-state index in [-0.39, 0.29) is 17.2 Å². The van der Waals surface area contributed by atoms with E-state index in [0.29, 0.717) is 19.4 Å². The van der Waals surface area contributed by atoms with Crippen molar-refractivity contribution in [3.05, 3.63) is 56.8 Å². The first-order chi connectivity index (χ1) is 13.5. The van der Waals surface area contributed by atoms with Gasteiger partial charge in [0, 0.05) is 47.6 Å². The summed E-state index contributed by atoms with van der Waals surface area (Å²) in [5.41, 5.74) is 2.80. The van der Waals surface area contributed by atoms with Crippen LogP contribution in [0.15, 0.2) is 40.6 Å². The Bertz CT molecular complexity index is 1030. The highest BCUT2D eigenvalue weighted by Gasteiger charge is 2.23. The van der Waals surface area contributed by atoms with Gasteiger partial charge in [0.2, 0.25) is 5.91 Å². The number of hydrogen-bond donors (Lipinski definition) is 2. The Morgan fingerprint density at radius 1 is 1.32 bits per heavy atom. The number of ether oxygens (including phenoxy) is 1. The fraction of sp³-hybridized carbons (Fsp3) is 0.350.